The van der Waals surface area contributed by atoms with Crippen LogP contribution in [0.2, 0.25) is 0 Å². The third kappa shape index (κ3) is 5.67. The Morgan fingerprint density at radius 2 is 1.69 bits per heavy atom. The Balaban J connectivity index is 1.42. The van der Waals surface area contributed by atoms with Crippen LogP contribution in [0.15, 0.2) is 59.3 Å². The van der Waals surface area contributed by atoms with Crippen molar-refractivity contribution in [1.82, 2.24) is 5.32 Å². The highest BCUT2D eigenvalue weighted by molar-refractivity contribution is 6.53. The quantitative estimate of drug-likeness (QED) is 0.533. The minimum Gasteiger partial charge on any atom is -0.353 e. The fraction of sp³-hybridized carbons (Fsp3) is 0.320. The van der Waals surface area contributed by atoms with Crippen LogP contribution in [0.5, 0.6) is 0 Å². The van der Waals surface area contributed by atoms with Crippen molar-refractivity contribution < 1.29 is 27.6 Å². The summed E-state index contributed by atoms with van der Waals surface area (Å²) in [6, 6.07) is 10.8. The molecule has 1 aliphatic carbocycles. The third-order valence-corrected chi connectivity index (χ3v) is 6.37. The van der Waals surface area contributed by atoms with Gasteiger partial charge >= 0.3 is 6.18 Å². The van der Waals surface area contributed by atoms with Crippen LogP contribution in [0.25, 0.3) is 0 Å². The van der Waals surface area contributed by atoms with Crippen LogP contribution in [0, 0.1) is 0 Å². The minimum absolute atomic E-state index is 0.0586. The Hall–Kier alpha value is -3.33. The second-order valence-electron chi connectivity index (χ2n) is 8.58. The van der Waals surface area contributed by atoms with Crippen molar-refractivity contribution in [2.45, 2.75) is 50.7 Å². The van der Waals surface area contributed by atoms with E-state index < -0.39 is 28.6 Å². The number of imide groups is 1. The van der Waals surface area contributed by atoms with Crippen molar-refractivity contribution in [1.29, 1.82) is 0 Å². The number of hydrogen-bond acceptors (Lipinski definition) is 4. The van der Waals surface area contributed by atoms with Gasteiger partial charge in [0.2, 0.25) is 5.91 Å². The summed E-state index contributed by atoms with van der Waals surface area (Å²) in [7, 11) is 0. The van der Waals surface area contributed by atoms with Crippen molar-refractivity contribution in [3.63, 3.8) is 0 Å². The molecule has 2 aromatic carbocycles. The Morgan fingerprint density at radius 1 is 1.00 bits per heavy atom. The molecule has 35 heavy (non-hydrogen) atoms. The molecule has 2 aromatic rings. The zero-order chi connectivity index (χ0) is 25.2. The number of benzene rings is 2. The van der Waals surface area contributed by atoms with Gasteiger partial charge in [0.1, 0.15) is 10.7 Å². The molecule has 1 fully saturated rings. The first-order valence-electron chi connectivity index (χ1n) is 11.2. The molecule has 1 heterocycles. The second-order valence-corrected chi connectivity index (χ2v) is 8.96. The Morgan fingerprint density at radius 3 is 2.34 bits per heavy atom. The highest BCUT2D eigenvalue weighted by Gasteiger charge is 2.40. The summed E-state index contributed by atoms with van der Waals surface area (Å²) in [5, 5.41) is 5.40. The van der Waals surface area contributed by atoms with E-state index >= 15 is 0 Å². The van der Waals surface area contributed by atoms with Crippen LogP contribution in [-0.4, -0.2) is 23.8 Å². The van der Waals surface area contributed by atoms with E-state index in [2.05, 4.69) is 10.6 Å². The molecular formula is C25H23ClF3N3O3. The van der Waals surface area contributed by atoms with Crippen molar-refractivity contribution in [3.05, 3.63) is 70.4 Å². The van der Waals surface area contributed by atoms with E-state index in [1.165, 1.54) is 12.5 Å². The van der Waals surface area contributed by atoms with E-state index in [9.17, 15) is 27.6 Å². The Bertz CT molecular complexity index is 1170. The standard InChI is InChI=1S/C25H23ClF3N3O3/c26-21-22(24(35)32(23(21)34)19-8-4-5-16(14-19)25(27,28)29)31-18-11-9-15(10-12-18)13-20(33)30-17-6-2-1-3-7-17/h4-5,8-12,14,17,31H,1-3,6-7,13H2,(H,30,33). The first kappa shape index (κ1) is 24.8. The smallest absolute Gasteiger partial charge is 0.353 e. The van der Waals surface area contributed by atoms with Gasteiger partial charge in [-0.2, -0.15) is 13.2 Å². The highest BCUT2D eigenvalue weighted by Crippen LogP contribution is 2.35. The second kappa shape index (κ2) is 10.1. The van der Waals surface area contributed by atoms with Crippen LogP contribution in [0.4, 0.5) is 24.5 Å². The van der Waals surface area contributed by atoms with Crippen molar-refractivity contribution in [2.75, 3.05) is 10.2 Å². The van der Waals surface area contributed by atoms with Crippen LogP contribution in [-0.2, 0) is 27.0 Å². The van der Waals surface area contributed by atoms with Crippen LogP contribution >= 0.6 is 11.6 Å². The summed E-state index contributed by atoms with van der Waals surface area (Å²) in [6.07, 6.45) is 1.01. The van der Waals surface area contributed by atoms with E-state index in [0.717, 1.165) is 49.4 Å². The van der Waals surface area contributed by atoms with Gasteiger partial charge in [-0.05, 0) is 48.7 Å². The lowest BCUT2D eigenvalue weighted by molar-refractivity contribution is -0.137. The number of amides is 3. The van der Waals surface area contributed by atoms with Gasteiger partial charge in [-0.1, -0.05) is 49.1 Å². The van der Waals surface area contributed by atoms with Gasteiger partial charge in [-0.25, -0.2) is 4.90 Å². The summed E-state index contributed by atoms with van der Waals surface area (Å²) in [4.78, 5) is 38.3. The lowest BCUT2D eigenvalue weighted by atomic mass is 9.95. The molecule has 6 nitrogen and oxygen atoms in total. The van der Waals surface area contributed by atoms with Gasteiger partial charge in [0.15, 0.2) is 0 Å². The number of carbonyl (C=O) groups is 3. The van der Waals surface area contributed by atoms with Gasteiger partial charge in [0.05, 0.1) is 17.7 Å². The Kier molecular flexibility index (Phi) is 7.16. The number of nitrogens with zero attached hydrogens (tertiary/aromatic N) is 1. The number of rotatable bonds is 6. The van der Waals surface area contributed by atoms with E-state index in [-0.39, 0.29) is 29.8 Å². The van der Waals surface area contributed by atoms with Crippen molar-refractivity contribution >= 4 is 40.7 Å². The summed E-state index contributed by atoms with van der Waals surface area (Å²) >= 11 is 6.07. The SMILES string of the molecule is O=C(Cc1ccc(NC2=C(Cl)C(=O)N(c3cccc(C(F)(F)F)c3)C2=O)cc1)NC1CCCCC1. The van der Waals surface area contributed by atoms with Crippen LogP contribution in [0.1, 0.15) is 43.2 Å². The minimum atomic E-state index is -4.63. The number of nitrogens with one attached hydrogen (secondary N) is 2. The van der Waals surface area contributed by atoms with Crippen LogP contribution < -0.4 is 15.5 Å². The Labute approximate surface area is 205 Å². The molecule has 0 radical (unpaired) electrons. The van der Waals surface area contributed by atoms with Crippen molar-refractivity contribution in [3.8, 4) is 0 Å². The predicted octanol–water partition coefficient (Wildman–Crippen LogP) is 5.13. The maximum absolute atomic E-state index is 13.1. The first-order chi connectivity index (χ1) is 16.6. The molecule has 4 rings (SSSR count). The molecule has 0 bridgehead atoms. The zero-order valence-corrected chi connectivity index (χ0v) is 19.4. The lowest BCUT2D eigenvalue weighted by Gasteiger charge is -2.22. The van der Waals surface area contributed by atoms with Gasteiger partial charge in [0, 0.05) is 11.7 Å². The van der Waals surface area contributed by atoms with Crippen molar-refractivity contribution in [2.24, 2.45) is 0 Å². The molecule has 0 spiro atoms. The lowest BCUT2D eigenvalue weighted by Crippen LogP contribution is -2.37. The zero-order valence-electron chi connectivity index (χ0n) is 18.6. The number of carbonyl (C=O) groups excluding carboxylic acids is 3. The highest BCUT2D eigenvalue weighted by atomic mass is 35.5. The largest absolute Gasteiger partial charge is 0.416 e. The van der Waals surface area contributed by atoms with E-state index in [1.807, 2.05) is 0 Å². The summed E-state index contributed by atoms with van der Waals surface area (Å²) < 4.78 is 39.2. The topological polar surface area (TPSA) is 78.5 Å². The van der Waals surface area contributed by atoms with Gasteiger partial charge in [-0.15, -0.1) is 0 Å². The molecule has 1 saturated carbocycles. The summed E-state index contributed by atoms with van der Waals surface area (Å²) in [6.45, 7) is 0. The third-order valence-electron chi connectivity index (χ3n) is 6.02. The molecule has 0 unspecified atom stereocenters. The van der Waals surface area contributed by atoms with E-state index in [0.29, 0.717) is 10.6 Å². The van der Waals surface area contributed by atoms with Gasteiger partial charge in [-0.3, -0.25) is 14.4 Å². The number of halogens is 4. The molecule has 3 amide bonds. The number of hydrogen-bond donors (Lipinski definition) is 2. The maximum atomic E-state index is 13.1. The number of alkyl halides is 3. The first-order valence-corrected chi connectivity index (χ1v) is 11.6. The molecule has 0 atom stereocenters. The molecule has 0 aromatic heterocycles. The summed E-state index contributed by atoms with van der Waals surface area (Å²) in [5.41, 5.74) is -0.262. The molecule has 1 aliphatic heterocycles. The summed E-state index contributed by atoms with van der Waals surface area (Å²) in [5.74, 6) is -1.85. The molecular weight excluding hydrogens is 483 g/mol. The van der Waals surface area contributed by atoms with Crippen LogP contribution in [0.3, 0.4) is 0 Å². The molecule has 184 valence electrons. The fourth-order valence-corrected chi connectivity index (χ4v) is 4.44. The van der Waals surface area contributed by atoms with E-state index in [4.69, 9.17) is 11.6 Å². The maximum Gasteiger partial charge on any atom is 0.416 e. The predicted molar refractivity (Wildman–Crippen MR) is 126 cm³/mol. The average Bonchev–Trinajstić information content (AvgIpc) is 3.03. The monoisotopic (exact) mass is 505 g/mol. The van der Waals surface area contributed by atoms with Gasteiger partial charge in [0.25, 0.3) is 11.8 Å². The molecule has 2 N–H and O–H groups in total. The molecule has 10 heteroatoms. The average molecular weight is 506 g/mol. The molecule has 0 saturated heterocycles. The number of anilines is 2. The fourth-order valence-electron chi connectivity index (χ4n) is 4.23. The van der Waals surface area contributed by atoms with E-state index in [1.54, 1.807) is 24.3 Å². The normalized spacial score (nSPS) is 17.2. The molecule has 2 aliphatic rings. The van der Waals surface area contributed by atoms with Gasteiger partial charge < -0.3 is 10.6 Å².